The molecule has 1 atom stereocenters. The van der Waals surface area contributed by atoms with E-state index in [1.165, 1.54) is 12.7 Å². The van der Waals surface area contributed by atoms with E-state index in [-0.39, 0.29) is 19.4 Å². The topological polar surface area (TPSA) is 83.8 Å². The van der Waals surface area contributed by atoms with Gasteiger partial charge in [-0.15, -0.1) is 6.58 Å². The predicted molar refractivity (Wildman–Crippen MR) is 60.4 cm³/mol. The lowest BCUT2D eigenvalue weighted by molar-refractivity contribution is -0.148. The molecule has 0 aliphatic heterocycles. The number of carboxylic acid groups (broad SMARTS) is 2. The van der Waals surface area contributed by atoms with Crippen LogP contribution in [0.3, 0.4) is 0 Å². The largest absolute Gasteiger partial charge is 0.481 e. The minimum atomic E-state index is -1.10. The van der Waals surface area contributed by atoms with Crippen LogP contribution in [-0.2, 0) is 14.3 Å². The van der Waals surface area contributed by atoms with E-state index < -0.39 is 17.9 Å². The van der Waals surface area contributed by atoms with Gasteiger partial charge in [0.15, 0.2) is 0 Å². The van der Waals surface area contributed by atoms with Crippen LogP contribution in [0.4, 0.5) is 0 Å². The van der Waals surface area contributed by atoms with Crippen molar-refractivity contribution < 1.29 is 24.5 Å². The fraction of sp³-hybridized carbons (Fsp3) is 0.636. The first-order valence-electron chi connectivity index (χ1n) is 4.86. The molecule has 0 heterocycles. The minimum Gasteiger partial charge on any atom is -0.481 e. The first-order valence-corrected chi connectivity index (χ1v) is 4.86. The van der Waals surface area contributed by atoms with Gasteiger partial charge in [-0.1, -0.05) is 5.57 Å². The van der Waals surface area contributed by atoms with E-state index >= 15 is 0 Å². The molecule has 5 nitrogen and oxygen atoms in total. The third-order valence-corrected chi connectivity index (χ3v) is 1.44. The number of methoxy groups -OCH3 is 1. The van der Waals surface area contributed by atoms with Crippen LogP contribution in [0.5, 0.6) is 0 Å². The summed E-state index contributed by atoms with van der Waals surface area (Å²) < 4.78 is 4.65. The maximum Gasteiger partial charge on any atom is 0.307 e. The lowest BCUT2D eigenvalue weighted by atomic mass is 10.0. The number of aliphatic carboxylic acids is 2. The molecule has 0 aliphatic rings. The normalized spacial score (nSPS) is 10.9. The molecule has 0 radical (unpaired) electrons. The molecule has 0 aromatic carbocycles. The Hall–Kier alpha value is -1.36. The SMILES string of the molecule is C=C(C)C.COCCC(CC(=O)O)C(=O)O. The molecule has 2 N–H and O–H groups in total. The van der Waals surface area contributed by atoms with Gasteiger partial charge in [0.1, 0.15) is 0 Å². The predicted octanol–water partition coefficient (Wildman–Crippen LogP) is 1.78. The van der Waals surface area contributed by atoms with Crippen molar-refractivity contribution in [2.45, 2.75) is 26.7 Å². The summed E-state index contributed by atoms with van der Waals surface area (Å²) in [6, 6.07) is 0. The van der Waals surface area contributed by atoms with Crippen LogP contribution in [0.15, 0.2) is 12.2 Å². The van der Waals surface area contributed by atoms with E-state index in [1.54, 1.807) is 0 Å². The Bertz CT molecular complexity index is 231. The first kappa shape index (κ1) is 17.0. The third kappa shape index (κ3) is 15.1. The zero-order valence-corrected chi connectivity index (χ0v) is 10.0. The van der Waals surface area contributed by atoms with Crippen LogP contribution in [0.2, 0.25) is 0 Å². The number of rotatable bonds is 6. The minimum absolute atomic E-state index is 0.234. The molecule has 1 unspecified atom stereocenters. The molecule has 0 aliphatic carbocycles. The first-order chi connectivity index (χ1) is 7.31. The molecule has 0 fully saturated rings. The summed E-state index contributed by atoms with van der Waals surface area (Å²) in [6.45, 7) is 7.77. The quantitative estimate of drug-likeness (QED) is 0.682. The maximum absolute atomic E-state index is 10.4. The summed E-state index contributed by atoms with van der Waals surface area (Å²) in [5, 5.41) is 16.9. The molecule has 0 amide bonds. The van der Waals surface area contributed by atoms with Crippen LogP contribution in [0, 0.1) is 5.92 Å². The Morgan fingerprint density at radius 1 is 1.31 bits per heavy atom. The molecule has 5 heteroatoms. The van der Waals surface area contributed by atoms with Gasteiger partial charge in [-0.3, -0.25) is 9.59 Å². The van der Waals surface area contributed by atoms with Crippen molar-refractivity contribution in [3.05, 3.63) is 12.2 Å². The summed E-state index contributed by atoms with van der Waals surface area (Å²) in [5.41, 5.74) is 1.17. The van der Waals surface area contributed by atoms with Crippen molar-refractivity contribution in [1.82, 2.24) is 0 Å². The summed E-state index contributed by atoms with van der Waals surface area (Å²) in [4.78, 5) is 20.6. The Morgan fingerprint density at radius 2 is 1.75 bits per heavy atom. The number of hydrogen-bond acceptors (Lipinski definition) is 3. The van der Waals surface area contributed by atoms with E-state index in [0.29, 0.717) is 0 Å². The maximum atomic E-state index is 10.4. The van der Waals surface area contributed by atoms with Crippen molar-refractivity contribution in [1.29, 1.82) is 0 Å². The molecule has 0 bridgehead atoms. The van der Waals surface area contributed by atoms with Gasteiger partial charge in [0.2, 0.25) is 0 Å². The van der Waals surface area contributed by atoms with Crippen LogP contribution < -0.4 is 0 Å². The number of ether oxygens (including phenoxy) is 1. The average Bonchev–Trinajstić information content (AvgIpc) is 2.10. The van der Waals surface area contributed by atoms with Crippen molar-refractivity contribution >= 4 is 11.9 Å². The zero-order valence-electron chi connectivity index (χ0n) is 10.0. The summed E-state index contributed by atoms with van der Waals surface area (Å²) in [5.74, 6) is -3.03. The standard InChI is InChI=1S/C7H12O5.C4H8/c1-12-3-2-5(7(10)11)4-6(8)9;1-4(2)3/h5H,2-4H2,1H3,(H,8,9)(H,10,11);1H2,2-3H3. The van der Waals surface area contributed by atoms with Gasteiger partial charge < -0.3 is 14.9 Å². The molecule has 0 saturated heterocycles. The van der Waals surface area contributed by atoms with Crippen molar-refractivity contribution in [2.75, 3.05) is 13.7 Å². The Labute approximate surface area is 95.7 Å². The van der Waals surface area contributed by atoms with Crippen LogP contribution in [0.25, 0.3) is 0 Å². The molecule has 16 heavy (non-hydrogen) atoms. The van der Waals surface area contributed by atoms with E-state index in [9.17, 15) is 9.59 Å². The van der Waals surface area contributed by atoms with Gasteiger partial charge in [-0.2, -0.15) is 0 Å². The second kappa shape index (κ2) is 10.2. The van der Waals surface area contributed by atoms with Gasteiger partial charge >= 0.3 is 11.9 Å². The van der Waals surface area contributed by atoms with Crippen LogP contribution in [-0.4, -0.2) is 35.9 Å². The summed E-state index contributed by atoms with van der Waals surface area (Å²) >= 11 is 0. The highest BCUT2D eigenvalue weighted by Crippen LogP contribution is 2.08. The highest BCUT2D eigenvalue weighted by Gasteiger charge is 2.20. The molecule has 94 valence electrons. The molecular weight excluding hydrogens is 212 g/mol. The number of carboxylic acids is 2. The third-order valence-electron chi connectivity index (χ3n) is 1.44. The monoisotopic (exact) mass is 232 g/mol. The molecular formula is C11H20O5. The highest BCUT2D eigenvalue weighted by molar-refractivity contribution is 5.77. The van der Waals surface area contributed by atoms with Gasteiger partial charge in [0, 0.05) is 13.7 Å². The van der Waals surface area contributed by atoms with Crippen molar-refractivity contribution in [3.63, 3.8) is 0 Å². The lowest BCUT2D eigenvalue weighted by Gasteiger charge is -2.07. The number of allylic oxidation sites excluding steroid dienone is 1. The van der Waals surface area contributed by atoms with E-state index in [4.69, 9.17) is 10.2 Å². The fourth-order valence-electron chi connectivity index (χ4n) is 0.784. The molecule has 0 rings (SSSR count). The second-order valence-electron chi connectivity index (χ2n) is 3.62. The van der Waals surface area contributed by atoms with Crippen molar-refractivity contribution in [2.24, 2.45) is 5.92 Å². The number of carbonyl (C=O) groups is 2. The summed E-state index contributed by atoms with van der Waals surface area (Å²) in [6.07, 6.45) is -0.114. The highest BCUT2D eigenvalue weighted by atomic mass is 16.5. The Morgan fingerprint density at radius 3 is 2.00 bits per heavy atom. The van der Waals surface area contributed by atoms with Gasteiger partial charge in [-0.05, 0) is 20.3 Å². The fourth-order valence-corrected chi connectivity index (χ4v) is 0.784. The Kier molecular flexibility index (Phi) is 10.8. The Balaban J connectivity index is 0. The van der Waals surface area contributed by atoms with E-state index in [2.05, 4.69) is 11.3 Å². The molecule has 0 saturated carbocycles. The molecule has 0 aromatic heterocycles. The molecule has 0 spiro atoms. The molecule has 0 aromatic rings. The van der Waals surface area contributed by atoms with Gasteiger partial charge in [-0.25, -0.2) is 0 Å². The van der Waals surface area contributed by atoms with E-state index in [1.807, 2.05) is 13.8 Å². The van der Waals surface area contributed by atoms with Crippen LogP contribution >= 0.6 is 0 Å². The summed E-state index contributed by atoms with van der Waals surface area (Å²) in [7, 11) is 1.44. The number of hydrogen-bond donors (Lipinski definition) is 2. The zero-order chi connectivity index (χ0) is 13.1. The van der Waals surface area contributed by atoms with Crippen LogP contribution in [0.1, 0.15) is 26.7 Å². The van der Waals surface area contributed by atoms with Gasteiger partial charge in [0.05, 0.1) is 12.3 Å². The van der Waals surface area contributed by atoms with Gasteiger partial charge in [0.25, 0.3) is 0 Å². The van der Waals surface area contributed by atoms with Crippen molar-refractivity contribution in [3.8, 4) is 0 Å². The van der Waals surface area contributed by atoms with E-state index in [0.717, 1.165) is 0 Å². The lowest BCUT2D eigenvalue weighted by Crippen LogP contribution is -2.19. The average molecular weight is 232 g/mol. The second-order valence-corrected chi connectivity index (χ2v) is 3.62. The smallest absolute Gasteiger partial charge is 0.307 e.